The zero-order valence-corrected chi connectivity index (χ0v) is 17.3. The van der Waals surface area contributed by atoms with Crippen molar-refractivity contribution < 1.29 is 22.4 Å². The summed E-state index contributed by atoms with van der Waals surface area (Å²) in [7, 11) is -0.889. The van der Waals surface area contributed by atoms with Gasteiger partial charge in [0.25, 0.3) is 15.9 Å². The van der Waals surface area contributed by atoms with Crippen LogP contribution in [0.25, 0.3) is 0 Å². The van der Waals surface area contributed by atoms with Crippen LogP contribution >= 0.6 is 11.6 Å². The highest BCUT2D eigenvalue weighted by Gasteiger charge is 2.22. The number of halogens is 1. The van der Waals surface area contributed by atoms with E-state index in [4.69, 9.17) is 20.8 Å². The number of hydrogen-bond acceptors (Lipinski definition) is 5. The fourth-order valence-corrected chi connectivity index (χ4v) is 4.23. The van der Waals surface area contributed by atoms with E-state index in [2.05, 4.69) is 4.72 Å². The highest BCUT2D eigenvalue weighted by Crippen LogP contribution is 2.26. The minimum atomic E-state index is -4.01. The SMILES string of the molecule is COc1ccc(NS(=O)(=O)c2cc(C(=O)N(C)Cc3ccco3)ccc2Cl)cc1. The van der Waals surface area contributed by atoms with Crippen molar-refractivity contribution >= 4 is 33.2 Å². The number of benzene rings is 2. The molecule has 3 rings (SSSR count). The minimum absolute atomic E-state index is 0.0104. The van der Waals surface area contributed by atoms with Gasteiger partial charge in [-0.05, 0) is 54.6 Å². The Labute approximate surface area is 173 Å². The molecule has 0 radical (unpaired) electrons. The van der Waals surface area contributed by atoms with Gasteiger partial charge in [-0.25, -0.2) is 8.42 Å². The van der Waals surface area contributed by atoms with E-state index < -0.39 is 10.0 Å². The maximum atomic E-state index is 12.8. The Hall–Kier alpha value is -2.97. The molecule has 7 nitrogen and oxygen atoms in total. The fourth-order valence-electron chi connectivity index (χ4n) is 2.64. The van der Waals surface area contributed by atoms with Gasteiger partial charge in [0.1, 0.15) is 16.4 Å². The van der Waals surface area contributed by atoms with Crippen LogP contribution in [0.15, 0.2) is 70.2 Å². The van der Waals surface area contributed by atoms with Gasteiger partial charge in [-0.15, -0.1) is 0 Å². The summed E-state index contributed by atoms with van der Waals surface area (Å²) in [6.45, 7) is 0.251. The Balaban J connectivity index is 1.84. The van der Waals surface area contributed by atoms with Crippen LogP contribution < -0.4 is 9.46 Å². The van der Waals surface area contributed by atoms with Gasteiger partial charge in [0, 0.05) is 18.3 Å². The molecular formula is C20H19ClN2O5S. The summed E-state index contributed by atoms with van der Waals surface area (Å²) < 4.78 is 38.4. The van der Waals surface area contributed by atoms with Crippen LogP contribution in [-0.2, 0) is 16.6 Å². The molecule has 9 heteroatoms. The molecule has 0 spiro atoms. The van der Waals surface area contributed by atoms with Crippen molar-refractivity contribution in [3.05, 3.63) is 77.2 Å². The normalized spacial score (nSPS) is 11.1. The van der Waals surface area contributed by atoms with Crippen LogP contribution in [-0.4, -0.2) is 33.4 Å². The summed E-state index contributed by atoms with van der Waals surface area (Å²) in [6.07, 6.45) is 1.52. The largest absolute Gasteiger partial charge is 0.497 e. The topological polar surface area (TPSA) is 88.8 Å². The van der Waals surface area contributed by atoms with E-state index in [-0.39, 0.29) is 27.9 Å². The average Bonchev–Trinajstić information content (AvgIpc) is 3.21. The summed E-state index contributed by atoms with van der Waals surface area (Å²) in [6, 6.07) is 14.0. The van der Waals surface area contributed by atoms with Gasteiger partial charge < -0.3 is 14.1 Å². The molecule has 1 aromatic heterocycles. The zero-order chi connectivity index (χ0) is 21.0. The summed E-state index contributed by atoms with van der Waals surface area (Å²) in [5.41, 5.74) is 0.534. The third kappa shape index (κ3) is 4.90. The van der Waals surface area contributed by atoms with Gasteiger partial charge in [0.15, 0.2) is 0 Å². The van der Waals surface area contributed by atoms with Crippen molar-refractivity contribution in [2.24, 2.45) is 0 Å². The molecule has 3 aromatic rings. The number of sulfonamides is 1. The molecule has 29 heavy (non-hydrogen) atoms. The lowest BCUT2D eigenvalue weighted by Gasteiger charge is -2.17. The number of ether oxygens (including phenoxy) is 1. The van der Waals surface area contributed by atoms with E-state index in [1.807, 2.05) is 0 Å². The Morgan fingerprint density at radius 3 is 2.52 bits per heavy atom. The summed E-state index contributed by atoms with van der Waals surface area (Å²) in [5.74, 6) is 0.848. The predicted octanol–water partition coefficient (Wildman–Crippen LogP) is 4.01. The standard InChI is InChI=1S/C20H19ClN2O5S/c1-23(13-17-4-3-11-28-17)20(24)14-5-10-18(21)19(12-14)29(25,26)22-15-6-8-16(27-2)9-7-15/h3-12,22H,13H2,1-2H3. The number of hydrogen-bond donors (Lipinski definition) is 1. The monoisotopic (exact) mass is 434 g/mol. The number of amides is 1. The molecule has 0 aliphatic heterocycles. The predicted molar refractivity (Wildman–Crippen MR) is 110 cm³/mol. The number of carbonyl (C=O) groups excluding carboxylic acids is 1. The zero-order valence-electron chi connectivity index (χ0n) is 15.8. The Bertz CT molecular complexity index is 1100. The highest BCUT2D eigenvalue weighted by atomic mass is 35.5. The third-order valence-electron chi connectivity index (χ3n) is 4.13. The van der Waals surface area contributed by atoms with Gasteiger partial charge in [0.2, 0.25) is 0 Å². The van der Waals surface area contributed by atoms with Crippen molar-refractivity contribution in [2.75, 3.05) is 18.9 Å². The van der Waals surface area contributed by atoms with Gasteiger partial charge in [-0.1, -0.05) is 11.6 Å². The van der Waals surface area contributed by atoms with Crippen LogP contribution in [0.2, 0.25) is 5.02 Å². The molecule has 0 aliphatic carbocycles. The molecule has 1 N–H and O–H groups in total. The van der Waals surface area contributed by atoms with Crippen LogP contribution in [0.5, 0.6) is 5.75 Å². The molecule has 0 saturated carbocycles. The molecular weight excluding hydrogens is 416 g/mol. The minimum Gasteiger partial charge on any atom is -0.497 e. The second-order valence-electron chi connectivity index (χ2n) is 6.22. The van der Waals surface area contributed by atoms with Crippen molar-refractivity contribution in [3.8, 4) is 5.75 Å². The van der Waals surface area contributed by atoms with E-state index in [0.29, 0.717) is 17.2 Å². The number of anilines is 1. The van der Waals surface area contributed by atoms with Crippen LogP contribution in [0.3, 0.4) is 0 Å². The molecule has 0 aliphatic rings. The van der Waals surface area contributed by atoms with Crippen molar-refractivity contribution in [1.29, 1.82) is 0 Å². The van der Waals surface area contributed by atoms with Gasteiger partial charge in [-0.2, -0.15) is 0 Å². The average molecular weight is 435 g/mol. The fraction of sp³-hybridized carbons (Fsp3) is 0.150. The van der Waals surface area contributed by atoms with E-state index in [9.17, 15) is 13.2 Å². The van der Waals surface area contributed by atoms with Crippen molar-refractivity contribution in [3.63, 3.8) is 0 Å². The summed E-state index contributed by atoms with van der Waals surface area (Å²) in [5, 5.41) is 0.0104. The maximum Gasteiger partial charge on any atom is 0.263 e. The molecule has 0 fully saturated rings. The van der Waals surface area contributed by atoms with Gasteiger partial charge in [0.05, 0.1) is 24.9 Å². The lowest BCUT2D eigenvalue weighted by atomic mass is 10.2. The van der Waals surface area contributed by atoms with Crippen LogP contribution in [0, 0.1) is 0 Å². The Morgan fingerprint density at radius 2 is 1.90 bits per heavy atom. The summed E-state index contributed by atoms with van der Waals surface area (Å²) in [4.78, 5) is 13.9. The number of methoxy groups -OCH3 is 1. The Morgan fingerprint density at radius 1 is 1.17 bits per heavy atom. The molecule has 0 saturated heterocycles. The van der Waals surface area contributed by atoms with Gasteiger partial charge >= 0.3 is 0 Å². The first-order chi connectivity index (χ1) is 13.8. The van der Waals surface area contributed by atoms with E-state index >= 15 is 0 Å². The lowest BCUT2D eigenvalue weighted by Crippen LogP contribution is -2.26. The lowest BCUT2D eigenvalue weighted by molar-refractivity contribution is 0.0775. The van der Waals surface area contributed by atoms with Crippen LogP contribution in [0.1, 0.15) is 16.1 Å². The molecule has 2 aromatic carbocycles. The summed E-state index contributed by atoms with van der Waals surface area (Å²) >= 11 is 6.11. The number of rotatable bonds is 7. The smallest absolute Gasteiger partial charge is 0.263 e. The molecule has 0 bridgehead atoms. The first kappa shape index (κ1) is 20.8. The van der Waals surface area contributed by atoms with Gasteiger partial charge in [-0.3, -0.25) is 9.52 Å². The van der Waals surface area contributed by atoms with E-state index in [1.54, 1.807) is 43.4 Å². The number of carbonyl (C=O) groups is 1. The van der Waals surface area contributed by atoms with Crippen molar-refractivity contribution in [1.82, 2.24) is 4.90 Å². The number of nitrogens with one attached hydrogen (secondary N) is 1. The molecule has 0 atom stereocenters. The quantitative estimate of drug-likeness (QED) is 0.606. The molecule has 1 amide bonds. The molecule has 0 unspecified atom stereocenters. The number of furan rings is 1. The van der Waals surface area contributed by atoms with Crippen LogP contribution in [0.4, 0.5) is 5.69 Å². The maximum absolute atomic E-state index is 12.8. The highest BCUT2D eigenvalue weighted by molar-refractivity contribution is 7.92. The second kappa shape index (κ2) is 8.59. The second-order valence-corrected chi connectivity index (χ2v) is 8.28. The number of nitrogens with zero attached hydrogens (tertiary/aromatic N) is 1. The Kier molecular flexibility index (Phi) is 6.14. The van der Waals surface area contributed by atoms with E-state index in [1.165, 1.54) is 36.5 Å². The molecule has 1 heterocycles. The third-order valence-corrected chi connectivity index (χ3v) is 5.99. The molecule has 152 valence electrons. The first-order valence-electron chi connectivity index (χ1n) is 8.54. The van der Waals surface area contributed by atoms with Crippen molar-refractivity contribution in [2.45, 2.75) is 11.4 Å². The van der Waals surface area contributed by atoms with E-state index in [0.717, 1.165) is 0 Å². The first-order valence-corrected chi connectivity index (χ1v) is 10.4.